The Morgan fingerprint density at radius 1 is 1.37 bits per heavy atom. The van der Waals surface area contributed by atoms with Crippen LogP contribution in [0.3, 0.4) is 0 Å². The van der Waals surface area contributed by atoms with E-state index in [1.807, 2.05) is 0 Å². The number of hydrogen-bond donors (Lipinski definition) is 1. The molecule has 0 saturated carbocycles. The van der Waals surface area contributed by atoms with E-state index in [1.165, 1.54) is 24.4 Å². The fourth-order valence-electron chi connectivity index (χ4n) is 3.07. The summed E-state index contributed by atoms with van der Waals surface area (Å²) in [6, 6.07) is 3.82. The topological polar surface area (TPSA) is 80.0 Å². The number of benzene rings is 1. The number of rotatable bonds is 5. The number of carbonyl (C=O) groups excluding carboxylic acids is 1. The molecule has 140 valence electrons. The third-order valence-corrected chi connectivity index (χ3v) is 4.53. The second-order valence-corrected chi connectivity index (χ2v) is 6.63. The minimum Gasteiger partial charge on any atom is -0.493 e. The lowest BCUT2D eigenvalue weighted by Gasteiger charge is -2.18. The molecule has 0 fully saturated rings. The molecule has 0 radical (unpaired) electrons. The lowest BCUT2D eigenvalue weighted by molar-refractivity contribution is 0.0745. The lowest BCUT2D eigenvalue weighted by Crippen LogP contribution is -2.26. The third kappa shape index (κ3) is 3.33. The van der Waals surface area contributed by atoms with Gasteiger partial charge in [-0.15, -0.1) is 0 Å². The van der Waals surface area contributed by atoms with Gasteiger partial charge < -0.3 is 14.7 Å². The summed E-state index contributed by atoms with van der Waals surface area (Å²) < 4.78 is 20.7. The fraction of sp³-hybridized carbons (Fsp3) is 0.278. The zero-order valence-corrected chi connectivity index (χ0v) is 15.0. The number of fused-ring (bicyclic) bond motifs is 3. The number of nitrogens with zero attached hydrogens (tertiary/aromatic N) is 4. The molecule has 0 unspecified atom stereocenters. The molecule has 0 atom stereocenters. The van der Waals surface area contributed by atoms with Gasteiger partial charge in [0, 0.05) is 30.9 Å². The number of halogens is 2. The molecule has 9 heteroatoms. The monoisotopic (exact) mass is 390 g/mol. The van der Waals surface area contributed by atoms with Crippen LogP contribution in [0.1, 0.15) is 28.0 Å². The van der Waals surface area contributed by atoms with Crippen LogP contribution in [0, 0.1) is 5.82 Å². The van der Waals surface area contributed by atoms with Gasteiger partial charge in [-0.3, -0.25) is 4.79 Å². The summed E-state index contributed by atoms with van der Waals surface area (Å²) in [7, 11) is 0. The highest BCUT2D eigenvalue weighted by molar-refractivity contribution is 6.30. The number of aliphatic hydroxyl groups is 1. The highest BCUT2D eigenvalue weighted by Gasteiger charge is 2.30. The second kappa shape index (κ2) is 7.13. The standard InChI is InChI=1S/C18H16ClFN4O3/c19-11-7-21-17-14-9-23(10-15(14)22-24(17)8-11)18(26)13-3-2-12(20)6-16(13)27-5-1-4-25/h2-3,6-8,25H,1,4-5,9-10H2. The van der Waals surface area contributed by atoms with Crippen molar-refractivity contribution < 1.29 is 19.0 Å². The minimum atomic E-state index is -0.492. The molecule has 1 aliphatic rings. The number of ether oxygens (including phenoxy) is 1. The van der Waals surface area contributed by atoms with E-state index in [2.05, 4.69) is 10.1 Å². The van der Waals surface area contributed by atoms with Crippen molar-refractivity contribution in [3.63, 3.8) is 0 Å². The smallest absolute Gasteiger partial charge is 0.258 e. The van der Waals surface area contributed by atoms with E-state index in [1.54, 1.807) is 15.6 Å². The molecule has 0 spiro atoms. The zero-order valence-electron chi connectivity index (χ0n) is 14.2. The highest BCUT2D eigenvalue weighted by atomic mass is 35.5. The van der Waals surface area contributed by atoms with E-state index >= 15 is 0 Å². The molecule has 0 bridgehead atoms. The van der Waals surface area contributed by atoms with E-state index in [-0.39, 0.29) is 30.4 Å². The van der Waals surface area contributed by atoms with E-state index in [4.69, 9.17) is 21.4 Å². The molecule has 7 nitrogen and oxygen atoms in total. The molecule has 3 heterocycles. The number of hydrogen-bond acceptors (Lipinski definition) is 5. The maximum absolute atomic E-state index is 13.6. The second-order valence-electron chi connectivity index (χ2n) is 6.19. The van der Waals surface area contributed by atoms with Gasteiger partial charge in [-0.05, 0) is 12.1 Å². The van der Waals surface area contributed by atoms with Gasteiger partial charge in [0.25, 0.3) is 5.91 Å². The molecule has 3 aromatic rings. The Labute approximate surface area is 158 Å². The van der Waals surface area contributed by atoms with E-state index in [0.29, 0.717) is 30.2 Å². The van der Waals surface area contributed by atoms with Crippen LogP contribution in [-0.4, -0.2) is 43.7 Å². The lowest BCUT2D eigenvalue weighted by atomic mass is 10.1. The molecular formula is C18H16ClFN4O3. The molecule has 2 aromatic heterocycles. The molecular weight excluding hydrogens is 375 g/mol. The Hall–Kier alpha value is -2.71. The number of amides is 1. The molecule has 4 rings (SSSR count). The Balaban J connectivity index is 1.58. The third-order valence-electron chi connectivity index (χ3n) is 4.33. The summed E-state index contributed by atoms with van der Waals surface area (Å²) in [5.74, 6) is -0.606. The van der Waals surface area contributed by atoms with Gasteiger partial charge in [-0.1, -0.05) is 11.6 Å². The van der Waals surface area contributed by atoms with Crippen molar-refractivity contribution in [2.24, 2.45) is 0 Å². The predicted molar refractivity (Wildman–Crippen MR) is 95.2 cm³/mol. The highest BCUT2D eigenvalue weighted by Crippen LogP contribution is 2.29. The predicted octanol–water partition coefficient (Wildman–Crippen LogP) is 2.44. The van der Waals surface area contributed by atoms with Crippen LogP contribution >= 0.6 is 11.6 Å². The first-order chi connectivity index (χ1) is 13.1. The van der Waals surface area contributed by atoms with Crippen molar-refractivity contribution in [1.82, 2.24) is 19.5 Å². The van der Waals surface area contributed by atoms with Crippen molar-refractivity contribution in [1.29, 1.82) is 0 Å². The fourth-order valence-corrected chi connectivity index (χ4v) is 3.22. The molecule has 1 aliphatic heterocycles. The first-order valence-corrected chi connectivity index (χ1v) is 8.78. The van der Waals surface area contributed by atoms with Gasteiger partial charge in [0.15, 0.2) is 5.65 Å². The molecule has 27 heavy (non-hydrogen) atoms. The van der Waals surface area contributed by atoms with Gasteiger partial charge in [0.05, 0.1) is 42.2 Å². The molecule has 0 aliphatic carbocycles. The van der Waals surface area contributed by atoms with Gasteiger partial charge in [0.1, 0.15) is 11.6 Å². The SMILES string of the molecule is O=C(c1ccc(F)cc1OCCCO)N1Cc2nn3cc(Cl)cnc3c2C1. The van der Waals surface area contributed by atoms with Crippen LogP contribution in [0.2, 0.25) is 5.02 Å². The van der Waals surface area contributed by atoms with E-state index in [0.717, 1.165) is 11.3 Å². The summed E-state index contributed by atoms with van der Waals surface area (Å²) in [4.78, 5) is 18.9. The van der Waals surface area contributed by atoms with E-state index in [9.17, 15) is 9.18 Å². The summed E-state index contributed by atoms with van der Waals surface area (Å²) in [5.41, 5.74) is 2.54. The summed E-state index contributed by atoms with van der Waals surface area (Å²) in [5, 5.41) is 13.8. The van der Waals surface area contributed by atoms with Crippen LogP contribution < -0.4 is 4.74 Å². The van der Waals surface area contributed by atoms with Crippen LogP contribution in [-0.2, 0) is 13.1 Å². The number of aliphatic hydroxyl groups excluding tert-OH is 1. The molecule has 1 N–H and O–H groups in total. The van der Waals surface area contributed by atoms with Crippen molar-refractivity contribution in [3.8, 4) is 5.75 Å². The molecule has 0 saturated heterocycles. The van der Waals surface area contributed by atoms with Crippen molar-refractivity contribution in [2.75, 3.05) is 13.2 Å². The average molecular weight is 391 g/mol. The summed E-state index contributed by atoms with van der Waals surface area (Å²) in [6.07, 6.45) is 3.60. The Bertz CT molecular complexity index is 1020. The number of carbonyl (C=O) groups is 1. The first-order valence-electron chi connectivity index (χ1n) is 8.41. The van der Waals surface area contributed by atoms with Crippen LogP contribution in [0.25, 0.3) is 5.65 Å². The van der Waals surface area contributed by atoms with Crippen molar-refractivity contribution in [2.45, 2.75) is 19.5 Å². The van der Waals surface area contributed by atoms with Gasteiger partial charge >= 0.3 is 0 Å². The molecule has 1 amide bonds. The Kier molecular flexibility index (Phi) is 4.67. The van der Waals surface area contributed by atoms with Gasteiger partial charge in [-0.2, -0.15) is 5.10 Å². The average Bonchev–Trinajstić information content (AvgIpc) is 3.19. The molecule has 1 aromatic carbocycles. The quantitative estimate of drug-likeness (QED) is 0.677. The maximum atomic E-state index is 13.6. The zero-order chi connectivity index (χ0) is 19.0. The maximum Gasteiger partial charge on any atom is 0.258 e. The summed E-state index contributed by atoms with van der Waals surface area (Å²) >= 11 is 5.93. The Morgan fingerprint density at radius 3 is 3.04 bits per heavy atom. The van der Waals surface area contributed by atoms with Crippen molar-refractivity contribution in [3.05, 3.63) is 58.3 Å². The minimum absolute atomic E-state index is 0.0447. The largest absolute Gasteiger partial charge is 0.493 e. The van der Waals surface area contributed by atoms with Crippen molar-refractivity contribution >= 4 is 23.2 Å². The number of aromatic nitrogens is 3. The first kappa shape index (κ1) is 17.7. The normalized spacial score (nSPS) is 13.2. The van der Waals surface area contributed by atoms with Gasteiger partial charge in [0.2, 0.25) is 0 Å². The van der Waals surface area contributed by atoms with Crippen LogP contribution in [0.15, 0.2) is 30.6 Å². The van der Waals surface area contributed by atoms with Crippen LogP contribution in [0.4, 0.5) is 4.39 Å². The van der Waals surface area contributed by atoms with Gasteiger partial charge in [-0.25, -0.2) is 13.9 Å². The van der Waals surface area contributed by atoms with Crippen LogP contribution in [0.5, 0.6) is 5.75 Å². The summed E-state index contributed by atoms with van der Waals surface area (Å²) in [6.45, 7) is 0.818. The Morgan fingerprint density at radius 2 is 2.22 bits per heavy atom. The van der Waals surface area contributed by atoms with E-state index < -0.39 is 5.82 Å².